The minimum absolute atomic E-state index is 0.308. The van der Waals surface area contributed by atoms with Crippen LogP contribution in [0.2, 0.25) is 5.02 Å². The molecule has 0 fully saturated rings. The predicted molar refractivity (Wildman–Crippen MR) is 58.5 cm³/mol. The van der Waals surface area contributed by atoms with Crippen LogP contribution in [-0.2, 0) is 4.79 Å². The maximum Gasteiger partial charge on any atom is 0.219 e. The molecule has 1 amide bonds. The van der Waals surface area contributed by atoms with E-state index in [1.54, 1.807) is 0 Å². The van der Waals surface area contributed by atoms with Crippen molar-refractivity contribution in [3.05, 3.63) is 28.8 Å². The molecule has 0 aliphatic rings. The third-order valence-corrected chi connectivity index (χ3v) is 2.12. The Bertz CT molecular complexity index is 339. The molecule has 0 aliphatic carbocycles. The first-order chi connectivity index (χ1) is 6.59. The van der Waals surface area contributed by atoms with Crippen molar-refractivity contribution in [1.82, 2.24) is 0 Å². The van der Waals surface area contributed by atoms with Gasteiger partial charge in [0.05, 0.1) is 0 Å². The molecule has 0 unspecified atom stereocenters. The second kappa shape index (κ2) is 4.86. The number of halogens is 1. The SMILES string of the molecule is Cc1ccc(Cl)cc1NCCC(N)=O. The summed E-state index contributed by atoms with van der Waals surface area (Å²) in [5, 5.41) is 3.78. The fourth-order valence-corrected chi connectivity index (χ4v) is 1.28. The Morgan fingerprint density at radius 2 is 2.29 bits per heavy atom. The summed E-state index contributed by atoms with van der Waals surface area (Å²) in [7, 11) is 0. The van der Waals surface area contributed by atoms with Gasteiger partial charge in [0.25, 0.3) is 0 Å². The summed E-state index contributed by atoms with van der Waals surface area (Å²) in [5.41, 5.74) is 7.06. The maximum atomic E-state index is 10.5. The number of aryl methyl sites for hydroxylation is 1. The van der Waals surface area contributed by atoms with Crippen molar-refractivity contribution in [2.75, 3.05) is 11.9 Å². The van der Waals surface area contributed by atoms with Gasteiger partial charge in [0.15, 0.2) is 0 Å². The number of rotatable bonds is 4. The van der Waals surface area contributed by atoms with Gasteiger partial charge >= 0.3 is 0 Å². The highest BCUT2D eigenvalue weighted by Gasteiger charge is 1.99. The van der Waals surface area contributed by atoms with Crippen molar-refractivity contribution in [2.24, 2.45) is 5.73 Å². The van der Waals surface area contributed by atoms with E-state index in [0.29, 0.717) is 18.0 Å². The maximum absolute atomic E-state index is 10.5. The topological polar surface area (TPSA) is 55.1 Å². The number of benzene rings is 1. The number of nitrogens with one attached hydrogen (secondary N) is 1. The van der Waals surface area contributed by atoms with Crippen LogP contribution in [0.3, 0.4) is 0 Å². The van der Waals surface area contributed by atoms with E-state index >= 15 is 0 Å². The highest BCUT2D eigenvalue weighted by molar-refractivity contribution is 6.30. The minimum Gasteiger partial charge on any atom is -0.384 e. The van der Waals surface area contributed by atoms with Crippen molar-refractivity contribution >= 4 is 23.2 Å². The third kappa shape index (κ3) is 3.26. The van der Waals surface area contributed by atoms with Gasteiger partial charge in [-0.05, 0) is 24.6 Å². The second-order valence-electron chi connectivity index (χ2n) is 3.10. The molecule has 3 nitrogen and oxygen atoms in total. The largest absolute Gasteiger partial charge is 0.384 e. The van der Waals surface area contributed by atoms with Crippen molar-refractivity contribution in [3.8, 4) is 0 Å². The molecule has 1 aromatic rings. The number of carbonyl (C=O) groups excluding carboxylic acids is 1. The molecule has 0 spiro atoms. The van der Waals surface area contributed by atoms with Crippen molar-refractivity contribution in [2.45, 2.75) is 13.3 Å². The van der Waals surface area contributed by atoms with E-state index in [1.165, 1.54) is 0 Å². The molecule has 14 heavy (non-hydrogen) atoms. The number of carbonyl (C=O) groups is 1. The number of amides is 1. The summed E-state index contributed by atoms with van der Waals surface area (Å²) in [6.07, 6.45) is 0.325. The van der Waals surface area contributed by atoms with Crippen LogP contribution in [0.4, 0.5) is 5.69 Å². The van der Waals surface area contributed by atoms with Crippen LogP contribution in [0.5, 0.6) is 0 Å². The molecule has 0 aromatic heterocycles. The smallest absolute Gasteiger partial charge is 0.219 e. The van der Waals surface area contributed by atoms with Crippen LogP contribution >= 0.6 is 11.6 Å². The average molecular weight is 213 g/mol. The van der Waals surface area contributed by atoms with Gasteiger partial charge in [-0.15, -0.1) is 0 Å². The van der Waals surface area contributed by atoms with E-state index in [9.17, 15) is 4.79 Å². The van der Waals surface area contributed by atoms with Gasteiger partial charge in [-0.1, -0.05) is 17.7 Å². The summed E-state index contributed by atoms with van der Waals surface area (Å²) in [5.74, 6) is -0.308. The summed E-state index contributed by atoms with van der Waals surface area (Å²) in [6.45, 7) is 2.51. The molecule has 0 heterocycles. The lowest BCUT2D eigenvalue weighted by molar-refractivity contribution is -0.117. The zero-order valence-electron chi connectivity index (χ0n) is 8.01. The van der Waals surface area contributed by atoms with Crippen LogP contribution in [0, 0.1) is 6.92 Å². The van der Waals surface area contributed by atoms with Gasteiger partial charge in [-0.3, -0.25) is 4.79 Å². The summed E-state index contributed by atoms with van der Waals surface area (Å²) in [6, 6.07) is 5.59. The molecule has 76 valence electrons. The average Bonchev–Trinajstić information content (AvgIpc) is 2.10. The van der Waals surface area contributed by atoms with Crippen LogP contribution < -0.4 is 11.1 Å². The summed E-state index contributed by atoms with van der Waals surface area (Å²) in [4.78, 5) is 10.5. The van der Waals surface area contributed by atoms with Gasteiger partial charge in [0.1, 0.15) is 0 Å². The van der Waals surface area contributed by atoms with Crippen LogP contribution in [-0.4, -0.2) is 12.5 Å². The molecule has 0 radical (unpaired) electrons. The van der Waals surface area contributed by atoms with Crippen LogP contribution in [0.25, 0.3) is 0 Å². The first-order valence-corrected chi connectivity index (χ1v) is 4.75. The highest BCUT2D eigenvalue weighted by Crippen LogP contribution is 2.19. The van der Waals surface area contributed by atoms with Crippen LogP contribution in [0.1, 0.15) is 12.0 Å². The summed E-state index contributed by atoms with van der Waals surface area (Å²) < 4.78 is 0. The zero-order chi connectivity index (χ0) is 10.6. The Hall–Kier alpha value is -1.22. The number of hydrogen-bond donors (Lipinski definition) is 2. The van der Waals surface area contributed by atoms with Gasteiger partial charge in [-0.25, -0.2) is 0 Å². The Morgan fingerprint density at radius 3 is 2.93 bits per heavy atom. The van der Waals surface area contributed by atoms with Crippen molar-refractivity contribution in [1.29, 1.82) is 0 Å². The first-order valence-electron chi connectivity index (χ1n) is 4.38. The lowest BCUT2D eigenvalue weighted by Crippen LogP contribution is -2.16. The molecule has 0 bridgehead atoms. The Kier molecular flexibility index (Phi) is 3.77. The summed E-state index contributed by atoms with van der Waals surface area (Å²) >= 11 is 5.83. The molecular formula is C10H13ClN2O. The predicted octanol–water partition coefficient (Wildman–Crippen LogP) is 1.94. The normalized spacial score (nSPS) is 9.86. The quantitative estimate of drug-likeness (QED) is 0.802. The molecule has 4 heteroatoms. The minimum atomic E-state index is -0.308. The third-order valence-electron chi connectivity index (χ3n) is 1.89. The molecular weight excluding hydrogens is 200 g/mol. The molecule has 0 saturated carbocycles. The molecule has 0 aliphatic heterocycles. The number of primary amides is 1. The standard InChI is InChI=1S/C10H13ClN2O/c1-7-2-3-8(11)6-9(7)13-5-4-10(12)14/h2-3,6,13H,4-5H2,1H3,(H2,12,14). The monoisotopic (exact) mass is 212 g/mol. The molecule has 0 atom stereocenters. The highest BCUT2D eigenvalue weighted by atomic mass is 35.5. The number of hydrogen-bond acceptors (Lipinski definition) is 2. The zero-order valence-corrected chi connectivity index (χ0v) is 8.77. The Labute approximate surface area is 88.2 Å². The van der Waals surface area contributed by atoms with Gasteiger partial charge in [-0.2, -0.15) is 0 Å². The lowest BCUT2D eigenvalue weighted by Gasteiger charge is -2.08. The number of nitrogens with two attached hydrogens (primary N) is 1. The van der Waals surface area contributed by atoms with E-state index in [1.807, 2.05) is 25.1 Å². The first kappa shape index (κ1) is 10.9. The van der Waals surface area contributed by atoms with E-state index in [0.717, 1.165) is 11.3 Å². The molecule has 0 saturated heterocycles. The van der Waals surface area contributed by atoms with E-state index in [2.05, 4.69) is 5.32 Å². The lowest BCUT2D eigenvalue weighted by atomic mass is 10.2. The van der Waals surface area contributed by atoms with E-state index < -0.39 is 0 Å². The van der Waals surface area contributed by atoms with E-state index in [-0.39, 0.29) is 5.91 Å². The van der Waals surface area contributed by atoms with Crippen LogP contribution in [0.15, 0.2) is 18.2 Å². The molecule has 1 aromatic carbocycles. The van der Waals surface area contributed by atoms with E-state index in [4.69, 9.17) is 17.3 Å². The van der Waals surface area contributed by atoms with Gasteiger partial charge < -0.3 is 11.1 Å². The second-order valence-corrected chi connectivity index (χ2v) is 3.54. The van der Waals surface area contributed by atoms with Gasteiger partial charge in [0, 0.05) is 23.7 Å². The fourth-order valence-electron chi connectivity index (χ4n) is 1.11. The fraction of sp³-hybridized carbons (Fsp3) is 0.300. The van der Waals surface area contributed by atoms with Crippen molar-refractivity contribution < 1.29 is 4.79 Å². The Morgan fingerprint density at radius 1 is 1.57 bits per heavy atom. The molecule has 3 N–H and O–H groups in total. The Balaban J connectivity index is 2.57. The molecule has 1 rings (SSSR count). The van der Waals surface area contributed by atoms with Crippen molar-refractivity contribution in [3.63, 3.8) is 0 Å². The van der Waals surface area contributed by atoms with Gasteiger partial charge in [0.2, 0.25) is 5.91 Å². The number of anilines is 1.